The molecule has 2 aromatic carbocycles. The van der Waals surface area contributed by atoms with E-state index in [4.69, 9.17) is 0 Å². The molecule has 5 rings (SSSR count). The summed E-state index contributed by atoms with van der Waals surface area (Å²) in [6.07, 6.45) is 3.54. The number of aliphatic hydroxyl groups is 1. The Labute approximate surface area is 255 Å². The highest BCUT2D eigenvalue weighted by Crippen LogP contribution is 2.22. The molecule has 1 amide bonds. The van der Waals surface area contributed by atoms with Gasteiger partial charge >= 0.3 is 0 Å². The van der Waals surface area contributed by atoms with Crippen LogP contribution < -0.4 is 20.9 Å². The Kier molecular flexibility index (Phi) is 9.51. The van der Waals surface area contributed by atoms with Crippen molar-refractivity contribution >= 4 is 45.1 Å². The summed E-state index contributed by atoms with van der Waals surface area (Å²) in [7, 11) is -1.40. The maximum atomic E-state index is 12.6. The molecule has 3 aromatic heterocycles. The average Bonchev–Trinajstić information content (AvgIpc) is 3.63. The molecule has 0 saturated carbocycles. The highest BCUT2D eigenvalue weighted by Gasteiger charge is 2.20. The van der Waals surface area contributed by atoms with Gasteiger partial charge in [-0.25, -0.2) is 9.19 Å². The first-order valence-electron chi connectivity index (χ1n) is 13.8. The summed E-state index contributed by atoms with van der Waals surface area (Å²) in [4.78, 5) is 29.9. The lowest BCUT2D eigenvalue weighted by Crippen LogP contribution is -2.42. The number of fused-ring (bicyclic) bond motifs is 1. The first kappa shape index (κ1) is 30.4. The van der Waals surface area contributed by atoms with Crippen LogP contribution in [-0.4, -0.2) is 41.2 Å². The second-order valence-electron chi connectivity index (χ2n) is 10.8. The van der Waals surface area contributed by atoms with Crippen molar-refractivity contribution in [3.05, 3.63) is 112 Å². The second kappa shape index (κ2) is 13.5. The van der Waals surface area contributed by atoms with Gasteiger partial charge in [-0.2, -0.15) is 0 Å². The van der Waals surface area contributed by atoms with E-state index in [1.807, 2.05) is 60.8 Å². The number of aromatic nitrogens is 3. The number of carbonyl (C=O) groups excluding carboxylic acids is 1. The lowest BCUT2D eigenvalue weighted by molar-refractivity contribution is 0.0951. The number of amides is 1. The summed E-state index contributed by atoms with van der Waals surface area (Å²) in [5.41, 5.74) is 2.17. The molecule has 0 radical (unpaired) electrons. The van der Waals surface area contributed by atoms with Crippen LogP contribution in [0, 0.1) is 0 Å². The molecule has 5 aromatic rings. The standard InChI is InChI=1S/C31H34N6O4S2/c1-31(2,34-20-27(38)21-7-6-8-24(16-21)36-43(41)26-9-4-3-5-10-26)12-14-37-13-11-22-15-23(18-32-29(22)37)30(40)33-19-25-17-28(39)35-42-25/h3-11,13,15-18,27,34,36,38H,12,14,19-20H2,1-2H3,(H,33,40)(H,35,39). The maximum absolute atomic E-state index is 12.6. The fourth-order valence-corrected chi connectivity index (χ4v) is 6.02. The normalized spacial score (nSPS) is 13.1. The van der Waals surface area contributed by atoms with Crippen LogP contribution in [0.1, 0.15) is 47.2 Å². The molecule has 224 valence electrons. The number of rotatable bonds is 13. The molecular weight excluding hydrogens is 585 g/mol. The number of β-amino-alcohol motifs (C(OH)–C–C–N with tert-alkyl or cyclic N) is 1. The Balaban J connectivity index is 1.13. The van der Waals surface area contributed by atoms with Crippen LogP contribution in [0.3, 0.4) is 0 Å². The van der Waals surface area contributed by atoms with Crippen LogP contribution in [-0.2, 0) is 24.1 Å². The summed E-state index contributed by atoms with van der Waals surface area (Å²) in [5, 5.41) is 18.0. The van der Waals surface area contributed by atoms with E-state index in [-0.39, 0.29) is 23.6 Å². The van der Waals surface area contributed by atoms with Gasteiger partial charge < -0.3 is 25.0 Å². The topological polar surface area (TPSA) is 141 Å². The number of aliphatic hydroxyl groups excluding tert-OH is 1. The molecule has 3 heterocycles. The van der Waals surface area contributed by atoms with Crippen molar-refractivity contribution < 1.29 is 14.1 Å². The Morgan fingerprint density at radius 2 is 1.93 bits per heavy atom. The van der Waals surface area contributed by atoms with Crippen LogP contribution in [0.15, 0.2) is 94.9 Å². The molecule has 12 heteroatoms. The van der Waals surface area contributed by atoms with Gasteiger partial charge in [-0.05, 0) is 62.2 Å². The maximum Gasteiger partial charge on any atom is 0.258 e. The van der Waals surface area contributed by atoms with Gasteiger partial charge in [0.15, 0.2) is 0 Å². The van der Waals surface area contributed by atoms with Crippen molar-refractivity contribution in [3.8, 4) is 0 Å². The van der Waals surface area contributed by atoms with Crippen LogP contribution in [0.25, 0.3) is 11.0 Å². The zero-order valence-electron chi connectivity index (χ0n) is 23.9. The summed E-state index contributed by atoms with van der Waals surface area (Å²) in [6, 6.07) is 21.7. The van der Waals surface area contributed by atoms with Crippen molar-refractivity contribution in [2.45, 2.75) is 49.9 Å². The minimum absolute atomic E-state index is 0.176. The summed E-state index contributed by atoms with van der Waals surface area (Å²) in [6.45, 7) is 5.48. The molecule has 2 atom stereocenters. The first-order valence-corrected chi connectivity index (χ1v) is 15.8. The number of hydrogen-bond acceptors (Lipinski definition) is 7. The van der Waals surface area contributed by atoms with E-state index >= 15 is 0 Å². The summed E-state index contributed by atoms with van der Waals surface area (Å²) >= 11 is 1.20. The van der Waals surface area contributed by atoms with Gasteiger partial charge in [0, 0.05) is 53.0 Å². The van der Waals surface area contributed by atoms with E-state index in [2.05, 4.69) is 43.1 Å². The number of hydrogen-bond donors (Lipinski definition) is 5. The third kappa shape index (κ3) is 8.05. The van der Waals surface area contributed by atoms with Gasteiger partial charge in [-0.1, -0.05) is 41.9 Å². The number of pyridine rings is 1. The predicted octanol–water partition coefficient (Wildman–Crippen LogP) is 4.34. The lowest BCUT2D eigenvalue weighted by Gasteiger charge is -2.28. The average molecular weight is 619 g/mol. The monoisotopic (exact) mass is 618 g/mol. The highest BCUT2D eigenvalue weighted by atomic mass is 32.2. The number of benzene rings is 2. The van der Waals surface area contributed by atoms with E-state index in [9.17, 15) is 18.9 Å². The molecule has 43 heavy (non-hydrogen) atoms. The third-order valence-corrected chi connectivity index (χ3v) is 9.00. The molecule has 5 N–H and O–H groups in total. The molecule has 0 aliphatic carbocycles. The van der Waals surface area contributed by atoms with Gasteiger partial charge in [0.2, 0.25) is 0 Å². The Hall–Kier alpha value is -4.10. The smallest absolute Gasteiger partial charge is 0.258 e. The van der Waals surface area contributed by atoms with Crippen molar-refractivity contribution in [2.75, 3.05) is 11.3 Å². The van der Waals surface area contributed by atoms with E-state index < -0.39 is 17.1 Å². The third-order valence-electron chi connectivity index (χ3n) is 7.05. The molecule has 0 spiro atoms. The van der Waals surface area contributed by atoms with Crippen molar-refractivity contribution in [2.24, 2.45) is 0 Å². The number of carbonyl (C=O) groups is 1. The lowest BCUT2D eigenvalue weighted by atomic mass is 9.99. The van der Waals surface area contributed by atoms with Gasteiger partial charge in [0.25, 0.3) is 11.5 Å². The molecule has 0 aliphatic rings. The fourth-order valence-electron chi connectivity index (χ4n) is 4.56. The summed E-state index contributed by atoms with van der Waals surface area (Å²) in [5.74, 6) is -0.252. The molecule has 2 unspecified atom stereocenters. The molecule has 0 bridgehead atoms. The minimum atomic E-state index is -1.40. The number of anilines is 1. The first-order chi connectivity index (χ1) is 20.7. The minimum Gasteiger partial charge on any atom is -0.387 e. The van der Waals surface area contributed by atoms with E-state index in [1.165, 1.54) is 17.6 Å². The Morgan fingerprint density at radius 1 is 1.12 bits per heavy atom. The zero-order chi connectivity index (χ0) is 30.4. The molecule has 10 nitrogen and oxygen atoms in total. The number of nitrogens with zero attached hydrogens (tertiary/aromatic N) is 2. The van der Waals surface area contributed by atoms with Crippen molar-refractivity contribution in [1.82, 2.24) is 24.6 Å². The van der Waals surface area contributed by atoms with Gasteiger partial charge in [0.1, 0.15) is 16.6 Å². The number of aryl methyl sites for hydroxylation is 1. The van der Waals surface area contributed by atoms with E-state index in [1.54, 1.807) is 18.3 Å². The van der Waals surface area contributed by atoms with Crippen LogP contribution >= 0.6 is 11.5 Å². The van der Waals surface area contributed by atoms with E-state index in [0.717, 1.165) is 27.9 Å². The quantitative estimate of drug-likeness (QED) is 0.133. The molecule has 0 aliphatic heterocycles. The molecule has 0 saturated heterocycles. The second-order valence-corrected chi connectivity index (χ2v) is 13.0. The Bertz CT molecular complexity index is 1780. The van der Waals surface area contributed by atoms with Gasteiger partial charge in [0.05, 0.1) is 23.1 Å². The van der Waals surface area contributed by atoms with Crippen molar-refractivity contribution in [1.29, 1.82) is 0 Å². The number of aromatic amines is 1. The fraction of sp³-hybridized carbons (Fsp3) is 0.258. The number of H-pyrrole nitrogens is 1. The van der Waals surface area contributed by atoms with Gasteiger partial charge in [-0.3, -0.25) is 14.0 Å². The van der Waals surface area contributed by atoms with Crippen molar-refractivity contribution in [3.63, 3.8) is 0 Å². The highest BCUT2D eigenvalue weighted by molar-refractivity contribution is 7.86. The van der Waals surface area contributed by atoms with Crippen LogP contribution in [0.5, 0.6) is 0 Å². The summed E-state index contributed by atoms with van der Waals surface area (Å²) < 4.78 is 20.3. The molecule has 0 fully saturated rings. The van der Waals surface area contributed by atoms with Gasteiger partial charge in [-0.15, -0.1) is 0 Å². The van der Waals surface area contributed by atoms with E-state index in [0.29, 0.717) is 29.2 Å². The SMILES string of the molecule is CC(C)(CCn1ccc2cc(C(=O)NCc3cc(=O)[nH]s3)cnc21)NCC(O)c1cccc(NS(=O)c2ccccc2)c1. The Morgan fingerprint density at radius 3 is 2.70 bits per heavy atom. The predicted molar refractivity (Wildman–Crippen MR) is 170 cm³/mol. The largest absolute Gasteiger partial charge is 0.387 e. The van der Waals surface area contributed by atoms with Crippen LogP contribution in [0.4, 0.5) is 5.69 Å². The zero-order valence-corrected chi connectivity index (χ0v) is 25.5. The number of nitrogens with one attached hydrogen (secondary N) is 4. The van der Waals surface area contributed by atoms with Crippen LogP contribution in [0.2, 0.25) is 0 Å². The molecular formula is C31H34N6O4S2.